The van der Waals surface area contributed by atoms with E-state index in [4.69, 9.17) is 9.47 Å². The van der Waals surface area contributed by atoms with Gasteiger partial charge in [-0.1, -0.05) is 17.8 Å². The van der Waals surface area contributed by atoms with Crippen LogP contribution in [0.3, 0.4) is 0 Å². The predicted molar refractivity (Wildman–Crippen MR) is 112 cm³/mol. The fourth-order valence-corrected chi connectivity index (χ4v) is 3.62. The number of methoxy groups -OCH3 is 2. The molecule has 3 rings (SSSR count). The zero-order chi connectivity index (χ0) is 20.6. The molecule has 0 fully saturated rings. The summed E-state index contributed by atoms with van der Waals surface area (Å²) in [4.78, 5) is 12.4. The maximum absolute atomic E-state index is 12.4. The van der Waals surface area contributed by atoms with Crippen LogP contribution in [0.15, 0.2) is 47.8 Å². The molecular formula is C20H25N5O3S. The van der Waals surface area contributed by atoms with Gasteiger partial charge < -0.3 is 23.9 Å². The SMILES string of the molecule is COCCn1c(Cc2cccn2C)nnc1SCC(=O)Nc1cccc(OC)c1. The number of rotatable bonds is 10. The van der Waals surface area contributed by atoms with Crippen LogP contribution in [-0.4, -0.2) is 51.8 Å². The molecule has 154 valence electrons. The number of ether oxygens (including phenoxy) is 2. The van der Waals surface area contributed by atoms with E-state index >= 15 is 0 Å². The van der Waals surface area contributed by atoms with Gasteiger partial charge in [-0.25, -0.2) is 0 Å². The van der Waals surface area contributed by atoms with Gasteiger partial charge in [-0.05, 0) is 24.3 Å². The second-order valence-corrected chi connectivity index (χ2v) is 7.34. The van der Waals surface area contributed by atoms with E-state index in [-0.39, 0.29) is 11.7 Å². The summed E-state index contributed by atoms with van der Waals surface area (Å²) in [7, 11) is 5.26. The Balaban J connectivity index is 1.66. The first-order valence-corrected chi connectivity index (χ1v) is 10.2. The minimum absolute atomic E-state index is 0.117. The van der Waals surface area contributed by atoms with E-state index in [1.165, 1.54) is 11.8 Å². The average Bonchev–Trinajstić information content (AvgIpc) is 3.31. The van der Waals surface area contributed by atoms with Crippen molar-refractivity contribution in [2.75, 3.05) is 31.9 Å². The van der Waals surface area contributed by atoms with Crippen LogP contribution in [0.2, 0.25) is 0 Å². The van der Waals surface area contributed by atoms with Crippen molar-refractivity contribution in [2.24, 2.45) is 7.05 Å². The number of hydrogen-bond donors (Lipinski definition) is 1. The molecule has 0 bridgehead atoms. The van der Waals surface area contributed by atoms with E-state index in [0.717, 1.165) is 11.5 Å². The lowest BCUT2D eigenvalue weighted by Gasteiger charge is -2.10. The molecule has 0 aliphatic heterocycles. The first-order valence-electron chi connectivity index (χ1n) is 9.18. The number of anilines is 1. The normalized spacial score (nSPS) is 10.9. The summed E-state index contributed by atoms with van der Waals surface area (Å²) in [6, 6.07) is 11.3. The first-order chi connectivity index (χ1) is 14.1. The summed E-state index contributed by atoms with van der Waals surface area (Å²) >= 11 is 1.36. The van der Waals surface area contributed by atoms with E-state index in [1.807, 2.05) is 42.1 Å². The van der Waals surface area contributed by atoms with Crippen molar-refractivity contribution in [1.29, 1.82) is 0 Å². The highest BCUT2D eigenvalue weighted by atomic mass is 32.2. The van der Waals surface area contributed by atoms with Crippen LogP contribution in [0.25, 0.3) is 0 Å². The molecule has 1 N–H and O–H groups in total. The van der Waals surface area contributed by atoms with Gasteiger partial charge >= 0.3 is 0 Å². The number of amides is 1. The Morgan fingerprint density at radius 2 is 2.07 bits per heavy atom. The Labute approximate surface area is 174 Å². The summed E-state index contributed by atoms with van der Waals surface area (Å²) < 4.78 is 14.5. The molecule has 29 heavy (non-hydrogen) atoms. The minimum atomic E-state index is -0.117. The number of carbonyl (C=O) groups excluding carboxylic acids is 1. The lowest BCUT2D eigenvalue weighted by molar-refractivity contribution is -0.113. The number of hydrogen-bond acceptors (Lipinski definition) is 6. The van der Waals surface area contributed by atoms with Gasteiger partial charge in [0.15, 0.2) is 5.16 Å². The third kappa shape index (κ3) is 5.61. The van der Waals surface area contributed by atoms with Crippen LogP contribution in [0, 0.1) is 0 Å². The van der Waals surface area contributed by atoms with Crippen LogP contribution in [0.4, 0.5) is 5.69 Å². The maximum Gasteiger partial charge on any atom is 0.234 e. The van der Waals surface area contributed by atoms with Gasteiger partial charge in [0.2, 0.25) is 5.91 Å². The van der Waals surface area contributed by atoms with Crippen molar-refractivity contribution in [3.05, 3.63) is 54.1 Å². The van der Waals surface area contributed by atoms with E-state index in [9.17, 15) is 4.79 Å². The summed E-state index contributed by atoms with van der Waals surface area (Å²) in [5.74, 6) is 1.65. The summed E-state index contributed by atoms with van der Waals surface area (Å²) in [6.45, 7) is 1.17. The molecule has 8 nitrogen and oxygen atoms in total. The number of benzene rings is 1. The number of aromatic nitrogens is 4. The second-order valence-electron chi connectivity index (χ2n) is 6.40. The number of nitrogens with zero attached hydrogens (tertiary/aromatic N) is 4. The number of thioether (sulfide) groups is 1. The van der Waals surface area contributed by atoms with Gasteiger partial charge in [0.25, 0.3) is 0 Å². The maximum atomic E-state index is 12.4. The van der Waals surface area contributed by atoms with Crippen molar-refractivity contribution in [2.45, 2.75) is 18.1 Å². The molecule has 1 aromatic carbocycles. The van der Waals surface area contributed by atoms with E-state index in [0.29, 0.717) is 36.2 Å². The molecule has 9 heteroatoms. The fourth-order valence-electron chi connectivity index (χ4n) is 2.83. The van der Waals surface area contributed by atoms with Crippen molar-refractivity contribution in [3.8, 4) is 5.75 Å². The molecule has 0 radical (unpaired) electrons. The van der Waals surface area contributed by atoms with Gasteiger partial charge in [-0.2, -0.15) is 0 Å². The molecule has 2 heterocycles. The second kappa shape index (κ2) is 10.1. The van der Waals surface area contributed by atoms with E-state index in [1.54, 1.807) is 20.3 Å². The molecule has 3 aromatic rings. The lowest BCUT2D eigenvalue weighted by Crippen LogP contribution is -2.15. The predicted octanol–water partition coefficient (Wildman–Crippen LogP) is 2.59. The third-order valence-electron chi connectivity index (χ3n) is 4.39. The number of carbonyl (C=O) groups is 1. The summed E-state index contributed by atoms with van der Waals surface area (Å²) in [6.07, 6.45) is 2.67. The molecule has 0 unspecified atom stereocenters. The van der Waals surface area contributed by atoms with Crippen LogP contribution in [-0.2, 0) is 29.5 Å². The summed E-state index contributed by atoms with van der Waals surface area (Å²) in [5, 5.41) is 12.2. The minimum Gasteiger partial charge on any atom is -0.497 e. The highest BCUT2D eigenvalue weighted by Gasteiger charge is 2.15. The standard InChI is InChI=1S/C20H25N5O3S/c1-24-9-5-7-16(24)13-18-22-23-20(25(18)10-11-27-2)29-14-19(26)21-15-6-4-8-17(12-15)28-3/h4-9,12H,10-11,13-14H2,1-3H3,(H,21,26). The van der Waals surface area contributed by atoms with E-state index < -0.39 is 0 Å². The highest BCUT2D eigenvalue weighted by molar-refractivity contribution is 7.99. The molecule has 1 amide bonds. The van der Waals surface area contributed by atoms with Gasteiger partial charge in [0, 0.05) is 50.8 Å². The molecule has 2 aromatic heterocycles. The monoisotopic (exact) mass is 415 g/mol. The Morgan fingerprint density at radius 3 is 2.79 bits per heavy atom. The molecule has 0 spiro atoms. The largest absolute Gasteiger partial charge is 0.497 e. The molecule has 0 saturated carbocycles. The Bertz CT molecular complexity index is 953. The third-order valence-corrected chi connectivity index (χ3v) is 5.36. The van der Waals surface area contributed by atoms with Crippen LogP contribution < -0.4 is 10.1 Å². The van der Waals surface area contributed by atoms with Crippen LogP contribution in [0.5, 0.6) is 5.75 Å². The molecule has 0 aliphatic rings. The average molecular weight is 416 g/mol. The van der Waals surface area contributed by atoms with Gasteiger partial charge in [-0.15, -0.1) is 10.2 Å². The highest BCUT2D eigenvalue weighted by Crippen LogP contribution is 2.21. The van der Waals surface area contributed by atoms with Crippen molar-refractivity contribution < 1.29 is 14.3 Å². The van der Waals surface area contributed by atoms with Crippen molar-refractivity contribution in [1.82, 2.24) is 19.3 Å². The zero-order valence-corrected chi connectivity index (χ0v) is 17.6. The zero-order valence-electron chi connectivity index (χ0n) is 16.8. The van der Waals surface area contributed by atoms with Crippen molar-refractivity contribution >= 4 is 23.4 Å². The molecule has 0 saturated heterocycles. The summed E-state index contributed by atoms with van der Waals surface area (Å²) in [5.41, 5.74) is 1.84. The molecular weight excluding hydrogens is 390 g/mol. The van der Waals surface area contributed by atoms with Crippen LogP contribution >= 0.6 is 11.8 Å². The van der Waals surface area contributed by atoms with Gasteiger partial charge in [-0.3, -0.25) is 4.79 Å². The Hall–Kier alpha value is -2.78. The molecule has 0 atom stereocenters. The van der Waals surface area contributed by atoms with Crippen molar-refractivity contribution in [3.63, 3.8) is 0 Å². The lowest BCUT2D eigenvalue weighted by atomic mass is 10.3. The number of aryl methyl sites for hydroxylation is 1. The van der Waals surface area contributed by atoms with Crippen LogP contribution in [0.1, 0.15) is 11.5 Å². The number of nitrogens with one attached hydrogen (secondary N) is 1. The van der Waals surface area contributed by atoms with E-state index in [2.05, 4.69) is 26.1 Å². The first kappa shape index (κ1) is 20.9. The van der Waals surface area contributed by atoms with Gasteiger partial charge in [0.05, 0.1) is 19.5 Å². The topological polar surface area (TPSA) is 83.2 Å². The Kier molecular flexibility index (Phi) is 7.31. The quantitative estimate of drug-likeness (QED) is 0.513. The van der Waals surface area contributed by atoms with Gasteiger partial charge in [0.1, 0.15) is 11.6 Å². The molecule has 0 aliphatic carbocycles. The smallest absolute Gasteiger partial charge is 0.234 e. The fraction of sp³-hybridized carbons (Fsp3) is 0.350. The Morgan fingerprint density at radius 1 is 1.21 bits per heavy atom.